The second-order valence-electron chi connectivity index (χ2n) is 3.20. The van der Waals surface area contributed by atoms with Gasteiger partial charge in [-0.1, -0.05) is 12.1 Å². The normalized spacial score (nSPS) is 10.0. The first-order chi connectivity index (χ1) is 7.81. The zero-order valence-electron chi connectivity index (χ0n) is 8.68. The maximum absolute atomic E-state index is 5.11. The van der Waals surface area contributed by atoms with E-state index in [0.717, 1.165) is 5.52 Å². The van der Waals surface area contributed by atoms with Crippen LogP contribution >= 0.6 is 12.2 Å². The average Bonchev–Trinajstić information content (AvgIpc) is 2.70. The van der Waals surface area contributed by atoms with Gasteiger partial charge in [0.1, 0.15) is 0 Å². The highest BCUT2D eigenvalue weighted by Crippen LogP contribution is 2.09. The minimum Gasteiger partial charge on any atom is -0.359 e. The molecule has 0 unspecified atom stereocenters. The fourth-order valence-electron chi connectivity index (χ4n) is 1.35. The van der Waals surface area contributed by atoms with Gasteiger partial charge in [0, 0.05) is 12.7 Å². The highest BCUT2D eigenvalue weighted by atomic mass is 32.1. The first-order valence-electron chi connectivity index (χ1n) is 4.89. The van der Waals surface area contributed by atoms with E-state index in [1.54, 1.807) is 12.3 Å². The lowest BCUT2D eigenvalue weighted by Gasteiger charge is -2.07. The van der Waals surface area contributed by atoms with Gasteiger partial charge in [-0.25, -0.2) is 4.98 Å². The molecule has 0 radical (unpaired) electrons. The molecule has 2 aromatic rings. The molecule has 0 amide bonds. The van der Waals surface area contributed by atoms with Crippen molar-refractivity contribution in [2.45, 2.75) is 0 Å². The Bertz CT molecular complexity index is 517. The molecule has 0 aliphatic carbocycles. The second-order valence-corrected chi connectivity index (χ2v) is 3.61. The summed E-state index contributed by atoms with van der Waals surface area (Å²) < 4.78 is 1.93. The Labute approximate surface area is 99.0 Å². The minimum atomic E-state index is 0.538. The standard InChI is InChI=1S/C11H12N4S/c1-2-6-12-11(16)14-10-13-8-9-5-3-4-7-15(9)10/h2-5,7-8H,1,6H2,(H2,12,13,14,16). The largest absolute Gasteiger partial charge is 0.359 e. The molecule has 2 heterocycles. The Morgan fingerprint density at radius 1 is 1.56 bits per heavy atom. The van der Waals surface area contributed by atoms with Crippen LogP contribution in [0.1, 0.15) is 0 Å². The topological polar surface area (TPSA) is 41.4 Å². The van der Waals surface area contributed by atoms with Gasteiger partial charge in [-0.05, 0) is 24.4 Å². The summed E-state index contributed by atoms with van der Waals surface area (Å²) in [6.07, 6.45) is 5.47. The molecule has 2 N–H and O–H groups in total. The Balaban J connectivity index is 2.15. The quantitative estimate of drug-likeness (QED) is 0.625. The summed E-state index contributed by atoms with van der Waals surface area (Å²) in [4.78, 5) is 4.24. The lowest BCUT2D eigenvalue weighted by molar-refractivity contribution is 1.05. The summed E-state index contributed by atoms with van der Waals surface area (Å²) in [5.74, 6) is 0.706. The fourth-order valence-corrected chi connectivity index (χ4v) is 1.52. The molecular formula is C11H12N4S. The van der Waals surface area contributed by atoms with E-state index in [0.29, 0.717) is 17.6 Å². The third kappa shape index (κ3) is 2.20. The van der Waals surface area contributed by atoms with Crippen LogP contribution in [0.3, 0.4) is 0 Å². The molecule has 0 saturated heterocycles. The van der Waals surface area contributed by atoms with Crippen molar-refractivity contribution in [1.82, 2.24) is 14.7 Å². The van der Waals surface area contributed by atoms with E-state index in [1.165, 1.54) is 0 Å². The van der Waals surface area contributed by atoms with E-state index in [2.05, 4.69) is 22.2 Å². The van der Waals surface area contributed by atoms with Crippen LogP contribution in [0, 0.1) is 0 Å². The molecule has 4 nitrogen and oxygen atoms in total. The van der Waals surface area contributed by atoms with Gasteiger partial charge in [0.05, 0.1) is 11.7 Å². The fraction of sp³-hybridized carbons (Fsp3) is 0.0909. The van der Waals surface area contributed by atoms with E-state index >= 15 is 0 Å². The molecule has 5 heteroatoms. The maximum Gasteiger partial charge on any atom is 0.213 e. The highest BCUT2D eigenvalue weighted by molar-refractivity contribution is 7.80. The Morgan fingerprint density at radius 3 is 3.25 bits per heavy atom. The van der Waals surface area contributed by atoms with Crippen molar-refractivity contribution in [1.29, 1.82) is 0 Å². The van der Waals surface area contributed by atoms with Crippen LogP contribution in [0.15, 0.2) is 43.2 Å². The van der Waals surface area contributed by atoms with Crippen LogP contribution < -0.4 is 10.6 Å². The number of aromatic nitrogens is 2. The van der Waals surface area contributed by atoms with Crippen molar-refractivity contribution >= 4 is 28.8 Å². The van der Waals surface area contributed by atoms with Gasteiger partial charge in [0.25, 0.3) is 0 Å². The molecular weight excluding hydrogens is 220 g/mol. The van der Waals surface area contributed by atoms with Crippen LogP contribution in [0.2, 0.25) is 0 Å². The molecule has 2 aromatic heterocycles. The van der Waals surface area contributed by atoms with E-state index in [1.807, 2.05) is 28.8 Å². The number of nitrogens with one attached hydrogen (secondary N) is 2. The smallest absolute Gasteiger partial charge is 0.213 e. The summed E-state index contributed by atoms with van der Waals surface area (Å²) in [5.41, 5.74) is 1.02. The van der Waals surface area contributed by atoms with E-state index in [-0.39, 0.29) is 0 Å². The molecule has 0 aliphatic rings. The predicted molar refractivity (Wildman–Crippen MR) is 69.6 cm³/mol. The van der Waals surface area contributed by atoms with Gasteiger partial charge in [0.2, 0.25) is 5.95 Å². The molecule has 0 atom stereocenters. The third-order valence-corrected chi connectivity index (χ3v) is 2.32. The molecule has 0 spiro atoms. The molecule has 0 saturated carbocycles. The van der Waals surface area contributed by atoms with Crippen molar-refractivity contribution in [2.24, 2.45) is 0 Å². The third-order valence-electron chi connectivity index (χ3n) is 2.07. The second kappa shape index (κ2) is 4.76. The van der Waals surface area contributed by atoms with Crippen molar-refractivity contribution in [2.75, 3.05) is 11.9 Å². The number of rotatable bonds is 3. The number of hydrogen-bond acceptors (Lipinski definition) is 2. The lowest BCUT2D eigenvalue weighted by Crippen LogP contribution is -2.29. The molecule has 0 aromatic carbocycles. The van der Waals surface area contributed by atoms with Crippen molar-refractivity contribution in [3.63, 3.8) is 0 Å². The van der Waals surface area contributed by atoms with Gasteiger partial charge in [-0.3, -0.25) is 4.40 Å². The number of imidazole rings is 1. The lowest BCUT2D eigenvalue weighted by atomic mass is 10.4. The van der Waals surface area contributed by atoms with Crippen LogP contribution in [0.4, 0.5) is 5.95 Å². The highest BCUT2D eigenvalue weighted by Gasteiger charge is 2.03. The number of hydrogen-bond donors (Lipinski definition) is 2. The van der Waals surface area contributed by atoms with E-state index in [4.69, 9.17) is 12.2 Å². The SMILES string of the molecule is C=CCNC(=S)Nc1ncc2ccccn12. The number of fused-ring (bicyclic) bond motifs is 1. The van der Waals surface area contributed by atoms with E-state index < -0.39 is 0 Å². The van der Waals surface area contributed by atoms with Gasteiger partial charge in [-0.15, -0.1) is 6.58 Å². The minimum absolute atomic E-state index is 0.538. The van der Waals surface area contributed by atoms with Crippen molar-refractivity contribution in [3.8, 4) is 0 Å². The summed E-state index contributed by atoms with van der Waals surface area (Å²) in [6, 6.07) is 5.90. The summed E-state index contributed by atoms with van der Waals surface area (Å²) in [5, 5.41) is 6.55. The van der Waals surface area contributed by atoms with E-state index in [9.17, 15) is 0 Å². The summed E-state index contributed by atoms with van der Waals surface area (Å²) in [7, 11) is 0. The zero-order chi connectivity index (χ0) is 11.4. The predicted octanol–water partition coefficient (Wildman–Crippen LogP) is 1.81. The van der Waals surface area contributed by atoms with Crippen molar-refractivity contribution < 1.29 is 0 Å². The molecule has 16 heavy (non-hydrogen) atoms. The van der Waals surface area contributed by atoms with Gasteiger partial charge in [-0.2, -0.15) is 0 Å². The zero-order valence-corrected chi connectivity index (χ0v) is 9.50. The van der Waals surface area contributed by atoms with Crippen molar-refractivity contribution in [3.05, 3.63) is 43.2 Å². The number of nitrogens with zero attached hydrogens (tertiary/aromatic N) is 2. The molecule has 2 rings (SSSR count). The monoisotopic (exact) mass is 232 g/mol. The van der Waals surface area contributed by atoms with Gasteiger partial charge in [0.15, 0.2) is 5.11 Å². The molecule has 0 fully saturated rings. The summed E-state index contributed by atoms with van der Waals surface area (Å²) >= 11 is 5.11. The van der Waals surface area contributed by atoms with Crippen LogP contribution in [0.5, 0.6) is 0 Å². The number of thiocarbonyl (C=S) groups is 1. The first-order valence-corrected chi connectivity index (χ1v) is 5.30. The average molecular weight is 232 g/mol. The number of anilines is 1. The van der Waals surface area contributed by atoms with Crippen LogP contribution in [-0.4, -0.2) is 21.0 Å². The van der Waals surface area contributed by atoms with Gasteiger partial charge < -0.3 is 10.6 Å². The van der Waals surface area contributed by atoms with Crippen LogP contribution in [0.25, 0.3) is 5.52 Å². The van der Waals surface area contributed by atoms with Crippen LogP contribution in [-0.2, 0) is 0 Å². The molecule has 0 bridgehead atoms. The Hall–Kier alpha value is -1.88. The molecule has 82 valence electrons. The summed E-state index contributed by atoms with van der Waals surface area (Å²) in [6.45, 7) is 4.24. The Kier molecular flexibility index (Phi) is 3.16. The van der Waals surface area contributed by atoms with Gasteiger partial charge >= 0.3 is 0 Å². The maximum atomic E-state index is 5.11. The first kappa shape index (κ1) is 10.6. The molecule has 0 aliphatic heterocycles. The number of pyridine rings is 1. The Morgan fingerprint density at radius 2 is 2.44 bits per heavy atom.